The maximum atomic E-state index is 5.13. The van der Waals surface area contributed by atoms with E-state index in [9.17, 15) is 0 Å². The first-order valence-corrected chi connectivity index (χ1v) is 5.81. The van der Waals surface area contributed by atoms with Crippen molar-refractivity contribution in [3.8, 4) is 0 Å². The summed E-state index contributed by atoms with van der Waals surface area (Å²) in [6.45, 7) is 0. The lowest BCUT2D eigenvalue weighted by molar-refractivity contribution is 0.156. The Bertz CT molecular complexity index is 217. The van der Waals surface area contributed by atoms with Gasteiger partial charge in [0, 0.05) is 25.2 Å². The van der Waals surface area contributed by atoms with E-state index in [0.29, 0.717) is 6.04 Å². The summed E-state index contributed by atoms with van der Waals surface area (Å²) < 4.78 is 0. The summed E-state index contributed by atoms with van der Waals surface area (Å²) in [5, 5.41) is 7.15. The monoisotopic (exact) mass is 213 g/mol. The zero-order valence-electron chi connectivity index (χ0n) is 8.92. The van der Waals surface area contributed by atoms with Gasteiger partial charge in [-0.1, -0.05) is 0 Å². The maximum Gasteiger partial charge on any atom is 0.166 e. The summed E-state index contributed by atoms with van der Waals surface area (Å²) >= 11 is 5.13. The largest absolute Gasteiger partial charge is 0.366 e. The second-order valence-corrected chi connectivity index (χ2v) is 4.85. The highest BCUT2D eigenvalue weighted by Gasteiger charge is 2.38. The number of thiocarbonyl (C=S) groups is 1. The fraction of sp³-hybridized carbons (Fsp3) is 0.900. The Hall–Kier alpha value is -0.350. The summed E-state index contributed by atoms with van der Waals surface area (Å²) in [6.07, 6.45) is 5.22. The van der Waals surface area contributed by atoms with E-state index in [4.69, 9.17) is 12.2 Å². The normalized spacial score (nSPS) is 36.9. The molecule has 0 aromatic carbocycles. The Morgan fingerprint density at radius 3 is 2.36 bits per heavy atom. The Morgan fingerprint density at radius 1 is 1.29 bits per heavy atom. The fourth-order valence-corrected chi connectivity index (χ4v) is 2.95. The summed E-state index contributed by atoms with van der Waals surface area (Å²) in [4.78, 5) is 2.54. The third-order valence-electron chi connectivity index (χ3n) is 3.66. The summed E-state index contributed by atoms with van der Waals surface area (Å²) in [6, 6.07) is 2.15. The van der Waals surface area contributed by atoms with Gasteiger partial charge in [-0.25, -0.2) is 0 Å². The first-order valence-electron chi connectivity index (χ1n) is 5.41. The molecule has 0 aliphatic carbocycles. The van der Waals surface area contributed by atoms with E-state index in [1.807, 2.05) is 7.05 Å². The minimum Gasteiger partial charge on any atom is -0.366 e. The van der Waals surface area contributed by atoms with Gasteiger partial charge in [-0.05, 0) is 44.9 Å². The molecule has 2 fully saturated rings. The van der Waals surface area contributed by atoms with Gasteiger partial charge in [-0.3, -0.25) is 0 Å². The molecule has 0 aromatic rings. The van der Waals surface area contributed by atoms with E-state index in [1.54, 1.807) is 0 Å². The maximum absolute atomic E-state index is 5.13. The predicted molar refractivity (Wildman–Crippen MR) is 62.4 cm³/mol. The smallest absolute Gasteiger partial charge is 0.166 e. The van der Waals surface area contributed by atoms with Gasteiger partial charge in [0.25, 0.3) is 0 Å². The van der Waals surface area contributed by atoms with Gasteiger partial charge < -0.3 is 15.5 Å². The van der Waals surface area contributed by atoms with Crippen LogP contribution in [0.3, 0.4) is 0 Å². The Morgan fingerprint density at radius 2 is 1.86 bits per heavy atom. The van der Waals surface area contributed by atoms with Gasteiger partial charge in [0.05, 0.1) is 0 Å². The Balaban J connectivity index is 1.90. The van der Waals surface area contributed by atoms with Crippen LogP contribution in [0.4, 0.5) is 0 Å². The highest BCUT2D eigenvalue weighted by molar-refractivity contribution is 7.80. The van der Waals surface area contributed by atoms with Crippen LogP contribution in [0, 0.1) is 0 Å². The quantitative estimate of drug-likeness (QED) is 0.627. The van der Waals surface area contributed by atoms with Crippen molar-refractivity contribution in [3.63, 3.8) is 0 Å². The van der Waals surface area contributed by atoms with Crippen molar-refractivity contribution >= 4 is 17.3 Å². The molecule has 80 valence electrons. The molecule has 2 rings (SSSR count). The first-order chi connectivity index (χ1) is 6.70. The van der Waals surface area contributed by atoms with Crippen LogP contribution >= 0.6 is 12.2 Å². The Kier molecular flexibility index (Phi) is 2.93. The van der Waals surface area contributed by atoms with E-state index in [0.717, 1.165) is 17.2 Å². The molecule has 0 amide bonds. The van der Waals surface area contributed by atoms with Gasteiger partial charge in [0.15, 0.2) is 5.11 Å². The molecule has 0 radical (unpaired) electrons. The molecule has 4 heteroatoms. The molecule has 2 aliphatic heterocycles. The molecule has 0 spiro atoms. The van der Waals surface area contributed by atoms with Crippen LogP contribution in [-0.2, 0) is 0 Å². The highest BCUT2D eigenvalue weighted by Crippen LogP contribution is 2.33. The predicted octanol–water partition coefficient (Wildman–Crippen LogP) is 0.705. The number of hydrogen-bond donors (Lipinski definition) is 2. The summed E-state index contributed by atoms with van der Waals surface area (Å²) in [5.74, 6) is 0. The third kappa shape index (κ3) is 1.86. The molecule has 2 N–H and O–H groups in total. The lowest BCUT2D eigenvalue weighted by Gasteiger charge is -2.36. The van der Waals surface area contributed by atoms with Crippen LogP contribution in [0.25, 0.3) is 0 Å². The zero-order valence-corrected chi connectivity index (χ0v) is 9.73. The van der Waals surface area contributed by atoms with Crippen LogP contribution in [0.1, 0.15) is 25.7 Å². The van der Waals surface area contributed by atoms with Gasteiger partial charge in [-0.2, -0.15) is 0 Å². The van der Waals surface area contributed by atoms with Gasteiger partial charge >= 0.3 is 0 Å². The van der Waals surface area contributed by atoms with E-state index in [-0.39, 0.29) is 0 Å². The molecule has 2 atom stereocenters. The molecule has 14 heavy (non-hydrogen) atoms. The minimum absolute atomic E-state index is 0.587. The second-order valence-electron chi connectivity index (χ2n) is 4.44. The van der Waals surface area contributed by atoms with Crippen LogP contribution in [0.2, 0.25) is 0 Å². The number of hydrogen-bond acceptors (Lipinski definition) is 2. The van der Waals surface area contributed by atoms with Crippen molar-refractivity contribution in [1.29, 1.82) is 0 Å². The summed E-state index contributed by atoms with van der Waals surface area (Å²) in [5.41, 5.74) is 0. The van der Waals surface area contributed by atoms with Crippen molar-refractivity contribution in [2.24, 2.45) is 0 Å². The molecular formula is C10H19N3S. The zero-order chi connectivity index (χ0) is 10.1. The van der Waals surface area contributed by atoms with Gasteiger partial charge in [-0.15, -0.1) is 0 Å². The van der Waals surface area contributed by atoms with Crippen LogP contribution < -0.4 is 10.6 Å². The Labute approximate surface area is 91.2 Å². The number of rotatable bonds is 1. The van der Waals surface area contributed by atoms with E-state index >= 15 is 0 Å². The lowest BCUT2D eigenvalue weighted by Crippen LogP contribution is -2.50. The highest BCUT2D eigenvalue weighted by atomic mass is 32.1. The average molecular weight is 213 g/mol. The second kappa shape index (κ2) is 4.03. The molecule has 0 aromatic heterocycles. The molecule has 0 saturated carbocycles. The van der Waals surface area contributed by atoms with Crippen LogP contribution in [-0.4, -0.2) is 42.2 Å². The van der Waals surface area contributed by atoms with E-state index < -0.39 is 0 Å². The minimum atomic E-state index is 0.587. The molecule has 2 bridgehead atoms. The van der Waals surface area contributed by atoms with Gasteiger partial charge in [0.1, 0.15) is 0 Å². The fourth-order valence-electron chi connectivity index (χ4n) is 2.79. The van der Waals surface area contributed by atoms with Crippen molar-refractivity contribution < 1.29 is 0 Å². The van der Waals surface area contributed by atoms with Crippen molar-refractivity contribution in [3.05, 3.63) is 0 Å². The van der Waals surface area contributed by atoms with Crippen molar-refractivity contribution in [1.82, 2.24) is 15.5 Å². The molecule has 2 saturated heterocycles. The molecule has 3 nitrogen and oxygen atoms in total. The lowest BCUT2D eigenvalue weighted by atomic mass is 9.98. The SMILES string of the molecule is CNC(=S)NC1CC2CCC(C1)N2C. The van der Waals surface area contributed by atoms with Crippen molar-refractivity contribution in [2.75, 3.05) is 14.1 Å². The number of nitrogens with zero attached hydrogens (tertiary/aromatic N) is 1. The number of piperidine rings is 1. The molecule has 2 unspecified atom stereocenters. The van der Waals surface area contributed by atoms with Crippen LogP contribution in [0.5, 0.6) is 0 Å². The van der Waals surface area contributed by atoms with E-state index in [2.05, 4.69) is 22.6 Å². The summed E-state index contributed by atoms with van der Waals surface area (Å²) in [7, 11) is 4.13. The topological polar surface area (TPSA) is 27.3 Å². The van der Waals surface area contributed by atoms with E-state index in [1.165, 1.54) is 25.7 Å². The standard InChI is InChI=1S/C10H19N3S/c1-11-10(14)12-7-5-8-3-4-9(6-7)13(8)2/h7-9H,3-6H2,1-2H3,(H2,11,12,14). The van der Waals surface area contributed by atoms with Crippen LogP contribution in [0.15, 0.2) is 0 Å². The third-order valence-corrected chi connectivity index (χ3v) is 3.98. The molecular weight excluding hydrogens is 194 g/mol. The number of nitrogens with one attached hydrogen (secondary N) is 2. The van der Waals surface area contributed by atoms with Crippen molar-refractivity contribution in [2.45, 2.75) is 43.8 Å². The number of fused-ring (bicyclic) bond motifs is 2. The molecule has 2 heterocycles. The first kappa shape index (κ1) is 10.2. The average Bonchev–Trinajstić information content (AvgIpc) is 2.42. The van der Waals surface area contributed by atoms with Gasteiger partial charge in [0.2, 0.25) is 0 Å². The molecule has 2 aliphatic rings.